The number of carbonyl (C=O) groups excluding carboxylic acids is 2. The number of hydrogen-bond donors (Lipinski definition) is 1. The van der Waals surface area contributed by atoms with E-state index in [1.54, 1.807) is 41.8 Å². The fourth-order valence-electron chi connectivity index (χ4n) is 2.64. The van der Waals surface area contributed by atoms with Crippen molar-refractivity contribution in [2.24, 2.45) is 0 Å². The van der Waals surface area contributed by atoms with Gasteiger partial charge in [-0.2, -0.15) is 0 Å². The third-order valence-electron chi connectivity index (χ3n) is 4.06. The molecule has 0 aliphatic carbocycles. The molecule has 1 amide bonds. The maximum Gasteiger partial charge on any atom is 0.353 e. The summed E-state index contributed by atoms with van der Waals surface area (Å²) in [6.45, 7) is 0.259. The van der Waals surface area contributed by atoms with Gasteiger partial charge in [-0.25, -0.2) is 4.79 Å². The van der Waals surface area contributed by atoms with Crippen LogP contribution in [0.15, 0.2) is 40.6 Å². The van der Waals surface area contributed by atoms with Crippen LogP contribution in [0.1, 0.15) is 28.1 Å². The number of ether oxygens (including phenoxy) is 2. The molecular formula is C20H17NO6S3. The first-order valence-electron chi connectivity index (χ1n) is 8.80. The lowest BCUT2D eigenvalue weighted by molar-refractivity contribution is -0.137. The molecule has 1 N–H and O–H groups in total. The minimum absolute atomic E-state index is 0.0288. The number of esters is 1. The van der Waals surface area contributed by atoms with Crippen molar-refractivity contribution >= 4 is 63.6 Å². The third kappa shape index (κ3) is 5.26. The first kappa shape index (κ1) is 22.0. The van der Waals surface area contributed by atoms with Crippen LogP contribution >= 0.6 is 35.3 Å². The Labute approximate surface area is 186 Å². The summed E-state index contributed by atoms with van der Waals surface area (Å²) < 4.78 is 11.1. The van der Waals surface area contributed by atoms with Crippen molar-refractivity contribution in [2.45, 2.75) is 12.8 Å². The van der Waals surface area contributed by atoms with Crippen LogP contribution in [-0.4, -0.2) is 45.8 Å². The van der Waals surface area contributed by atoms with Crippen LogP contribution in [0.3, 0.4) is 0 Å². The van der Waals surface area contributed by atoms with Crippen molar-refractivity contribution in [1.29, 1.82) is 0 Å². The molecule has 3 rings (SSSR count). The lowest BCUT2D eigenvalue weighted by Gasteiger charge is -2.13. The predicted octanol–water partition coefficient (Wildman–Crippen LogP) is 4.04. The highest BCUT2D eigenvalue weighted by molar-refractivity contribution is 8.26. The van der Waals surface area contributed by atoms with E-state index >= 15 is 0 Å². The Kier molecular flexibility index (Phi) is 7.24. The van der Waals surface area contributed by atoms with Crippen LogP contribution in [0.5, 0.6) is 11.5 Å². The first-order chi connectivity index (χ1) is 14.4. The van der Waals surface area contributed by atoms with Crippen molar-refractivity contribution in [1.82, 2.24) is 4.90 Å². The number of methoxy groups -OCH3 is 1. The second kappa shape index (κ2) is 9.88. The average molecular weight is 464 g/mol. The highest BCUT2D eigenvalue weighted by Crippen LogP contribution is 2.35. The van der Waals surface area contributed by atoms with Gasteiger partial charge in [0.1, 0.15) is 9.20 Å². The SMILES string of the molecule is COc1cc(/C=C2\SC(=S)N(CCCC(=O)O)C2=O)ccc1OC(=O)c1cccs1. The molecular weight excluding hydrogens is 446 g/mol. The Morgan fingerprint density at radius 3 is 2.73 bits per heavy atom. The average Bonchev–Trinajstić information content (AvgIpc) is 3.33. The molecule has 2 aromatic rings. The molecule has 1 aromatic heterocycles. The molecule has 30 heavy (non-hydrogen) atoms. The minimum Gasteiger partial charge on any atom is -0.493 e. The summed E-state index contributed by atoms with van der Waals surface area (Å²) in [5.74, 6) is -1.02. The topological polar surface area (TPSA) is 93.1 Å². The molecule has 0 saturated carbocycles. The van der Waals surface area contributed by atoms with Gasteiger partial charge in [-0.05, 0) is 41.6 Å². The number of aliphatic carboxylic acids is 1. The maximum atomic E-state index is 12.6. The summed E-state index contributed by atoms with van der Waals surface area (Å²) in [5, 5.41) is 10.5. The molecule has 7 nitrogen and oxygen atoms in total. The second-order valence-corrected chi connectivity index (χ2v) is 8.73. The molecule has 0 radical (unpaired) electrons. The molecule has 0 atom stereocenters. The quantitative estimate of drug-likeness (QED) is 0.271. The van der Waals surface area contributed by atoms with Crippen LogP contribution in [0.4, 0.5) is 0 Å². The van der Waals surface area contributed by atoms with E-state index in [4.69, 9.17) is 26.8 Å². The van der Waals surface area contributed by atoms with Crippen LogP contribution < -0.4 is 9.47 Å². The van der Waals surface area contributed by atoms with Crippen molar-refractivity contribution in [2.75, 3.05) is 13.7 Å². The number of carboxylic acid groups (broad SMARTS) is 1. The Hall–Kier alpha value is -2.69. The van der Waals surface area contributed by atoms with Crippen LogP contribution in [0.2, 0.25) is 0 Å². The van der Waals surface area contributed by atoms with E-state index in [0.29, 0.717) is 31.8 Å². The van der Waals surface area contributed by atoms with Gasteiger partial charge in [0.25, 0.3) is 5.91 Å². The Morgan fingerprint density at radius 1 is 1.27 bits per heavy atom. The standard InChI is InChI=1S/C20H17NO6S3/c1-26-14-10-12(6-7-13(14)27-19(25)15-4-3-9-29-15)11-16-18(24)21(20(28)30-16)8-2-5-17(22)23/h3-4,6-7,9-11H,2,5,8H2,1H3,(H,22,23)/b16-11-. The van der Waals surface area contributed by atoms with E-state index in [9.17, 15) is 14.4 Å². The molecule has 2 heterocycles. The fraction of sp³-hybridized carbons (Fsp3) is 0.200. The third-order valence-corrected chi connectivity index (χ3v) is 6.28. The van der Waals surface area contributed by atoms with Gasteiger partial charge < -0.3 is 14.6 Å². The Morgan fingerprint density at radius 2 is 2.07 bits per heavy atom. The van der Waals surface area contributed by atoms with Gasteiger partial charge >= 0.3 is 11.9 Å². The zero-order chi connectivity index (χ0) is 21.7. The zero-order valence-electron chi connectivity index (χ0n) is 15.8. The van der Waals surface area contributed by atoms with E-state index in [1.807, 2.05) is 0 Å². The number of thiophene rings is 1. The minimum atomic E-state index is -0.914. The van der Waals surface area contributed by atoms with Gasteiger partial charge in [0.2, 0.25) is 0 Å². The first-order valence-corrected chi connectivity index (χ1v) is 10.9. The highest BCUT2D eigenvalue weighted by atomic mass is 32.2. The van der Waals surface area contributed by atoms with Gasteiger partial charge in [-0.3, -0.25) is 14.5 Å². The predicted molar refractivity (Wildman–Crippen MR) is 119 cm³/mol. The van der Waals surface area contributed by atoms with Crippen LogP contribution in [0, 0.1) is 0 Å². The second-order valence-electron chi connectivity index (χ2n) is 6.11. The number of hydrogen-bond acceptors (Lipinski definition) is 8. The number of amides is 1. The number of thioether (sulfide) groups is 1. The molecule has 0 bridgehead atoms. The normalized spacial score (nSPS) is 15.0. The summed E-state index contributed by atoms with van der Waals surface area (Å²) >= 11 is 7.68. The van der Waals surface area contributed by atoms with Gasteiger partial charge in [-0.1, -0.05) is 36.1 Å². The van der Waals surface area contributed by atoms with Crippen LogP contribution in [-0.2, 0) is 9.59 Å². The lowest BCUT2D eigenvalue weighted by atomic mass is 10.2. The summed E-state index contributed by atoms with van der Waals surface area (Å²) in [6.07, 6.45) is 1.97. The molecule has 156 valence electrons. The van der Waals surface area contributed by atoms with E-state index in [0.717, 1.165) is 11.8 Å². The molecule has 1 saturated heterocycles. The van der Waals surface area contributed by atoms with E-state index in [2.05, 4.69) is 0 Å². The summed E-state index contributed by atoms with van der Waals surface area (Å²) in [5.41, 5.74) is 0.675. The summed E-state index contributed by atoms with van der Waals surface area (Å²) in [7, 11) is 1.46. The highest BCUT2D eigenvalue weighted by Gasteiger charge is 2.31. The number of thiocarbonyl (C=S) groups is 1. The van der Waals surface area contributed by atoms with Crippen molar-refractivity contribution in [3.05, 3.63) is 51.1 Å². The smallest absolute Gasteiger partial charge is 0.353 e. The number of carboxylic acids is 1. The Bertz CT molecular complexity index is 1020. The Balaban J connectivity index is 1.73. The monoisotopic (exact) mass is 463 g/mol. The number of benzene rings is 1. The number of rotatable bonds is 8. The number of carbonyl (C=O) groups is 3. The molecule has 1 aliphatic rings. The van der Waals surface area contributed by atoms with E-state index in [1.165, 1.54) is 23.3 Å². The molecule has 0 unspecified atom stereocenters. The molecule has 1 aliphatic heterocycles. The van der Waals surface area contributed by atoms with E-state index in [-0.39, 0.29) is 24.6 Å². The van der Waals surface area contributed by atoms with Crippen molar-refractivity contribution in [3.8, 4) is 11.5 Å². The largest absolute Gasteiger partial charge is 0.493 e. The fourth-order valence-corrected chi connectivity index (χ4v) is 4.54. The molecule has 10 heteroatoms. The lowest BCUT2D eigenvalue weighted by Crippen LogP contribution is -2.29. The van der Waals surface area contributed by atoms with Gasteiger partial charge in [0, 0.05) is 13.0 Å². The van der Waals surface area contributed by atoms with Crippen molar-refractivity contribution < 1.29 is 29.0 Å². The van der Waals surface area contributed by atoms with Crippen LogP contribution in [0.25, 0.3) is 6.08 Å². The molecule has 1 fully saturated rings. The van der Waals surface area contributed by atoms with Gasteiger partial charge in [-0.15, -0.1) is 11.3 Å². The molecule has 0 spiro atoms. The summed E-state index contributed by atoms with van der Waals surface area (Å²) in [6, 6.07) is 8.40. The zero-order valence-corrected chi connectivity index (χ0v) is 18.3. The van der Waals surface area contributed by atoms with E-state index < -0.39 is 11.9 Å². The number of nitrogens with zero attached hydrogens (tertiary/aromatic N) is 1. The van der Waals surface area contributed by atoms with Crippen molar-refractivity contribution in [3.63, 3.8) is 0 Å². The maximum absolute atomic E-state index is 12.6. The van der Waals surface area contributed by atoms with Gasteiger partial charge in [0.05, 0.1) is 12.0 Å². The molecule has 1 aromatic carbocycles. The summed E-state index contributed by atoms with van der Waals surface area (Å²) in [4.78, 5) is 37.7. The van der Waals surface area contributed by atoms with Gasteiger partial charge in [0.15, 0.2) is 11.5 Å².